The second-order valence-electron chi connectivity index (χ2n) is 8.50. The molecule has 1 aromatic carbocycles. The summed E-state index contributed by atoms with van der Waals surface area (Å²) in [6.07, 6.45) is 2.05. The second kappa shape index (κ2) is 7.86. The zero-order valence-electron chi connectivity index (χ0n) is 18.2. The minimum atomic E-state index is -4.01. The Kier molecular flexibility index (Phi) is 5.77. The third-order valence-corrected chi connectivity index (χ3v) is 6.45. The lowest BCUT2D eigenvalue weighted by molar-refractivity contribution is 0.486. The van der Waals surface area contributed by atoms with E-state index in [4.69, 9.17) is 0 Å². The molecule has 0 radical (unpaired) electrons. The van der Waals surface area contributed by atoms with Gasteiger partial charge >= 0.3 is 5.69 Å². The summed E-state index contributed by atoms with van der Waals surface area (Å²) in [5.41, 5.74) is 0.0637. The van der Waals surface area contributed by atoms with Crippen molar-refractivity contribution >= 4 is 21.1 Å². The smallest absolute Gasteiger partial charge is 0.273 e. The predicted octanol–water partition coefficient (Wildman–Crippen LogP) is 2.96. The van der Waals surface area contributed by atoms with E-state index in [0.717, 1.165) is 20.6 Å². The third kappa shape index (κ3) is 3.74. The predicted molar refractivity (Wildman–Crippen MR) is 117 cm³/mol. The topological polar surface area (TPSA) is 96.0 Å². The number of nitrogens with zero attached hydrogens (tertiary/aromatic N) is 4. The van der Waals surface area contributed by atoms with Gasteiger partial charge in [0.25, 0.3) is 15.6 Å². The highest BCUT2D eigenvalue weighted by Crippen LogP contribution is 2.19. The number of hydrogen-bond acceptors (Lipinski definition) is 5. The second-order valence-corrected chi connectivity index (χ2v) is 10.3. The van der Waals surface area contributed by atoms with Crippen molar-refractivity contribution in [3.63, 3.8) is 0 Å². The van der Waals surface area contributed by atoms with E-state index in [2.05, 4.69) is 18.9 Å². The van der Waals surface area contributed by atoms with Gasteiger partial charge in [-0.05, 0) is 57.7 Å². The molecule has 0 atom stereocenters. The first kappa shape index (κ1) is 22.0. The molecular formula is C21H28N4O4S. The van der Waals surface area contributed by atoms with Gasteiger partial charge < -0.3 is 0 Å². The Morgan fingerprint density at radius 1 is 0.900 bits per heavy atom. The number of aromatic nitrogens is 4. The van der Waals surface area contributed by atoms with Crippen LogP contribution in [0.25, 0.3) is 11.0 Å². The molecule has 0 aliphatic carbocycles. The summed E-state index contributed by atoms with van der Waals surface area (Å²) in [4.78, 5) is 25.8. The van der Waals surface area contributed by atoms with Gasteiger partial charge in [0.05, 0.1) is 11.1 Å². The fourth-order valence-corrected chi connectivity index (χ4v) is 4.64. The third-order valence-electron chi connectivity index (χ3n) is 4.91. The van der Waals surface area contributed by atoms with Gasteiger partial charge in [0.2, 0.25) is 0 Å². The molecule has 0 saturated heterocycles. The largest absolute Gasteiger partial charge is 0.333 e. The molecule has 0 bridgehead atoms. The molecule has 8 nitrogen and oxygen atoms in total. The van der Waals surface area contributed by atoms with Crippen LogP contribution in [0.4, 0.5) is 0 Å². The van der Waals surface area contributed by atoms with Crippen LogP contribution >= 0.6 is 0 Å². The molecule has 0 fully saturated rings. The van der Waals surface area contributed by atoms with Crippen LogP contribution in [0, 0.1) is 5.92 Å². The molecule has 0 amide bonds. The van der Waals surface area contributed by atoms with Crippen LogP contribution in [0.5, 0.6) is 0 Å². The van der Waals surface area contributed by atoms with Gasteiger partial charge in [-0.3, -0.25) is 13.9 Å². The fourth-order valence-electron chi connectivity index (χ4n) is 3.52. The average Bonchev–Trinajstić information content (AvgIpc) is 3.07. The fraction of sp³-hybridized carbons (Fsp3) is 0.476. The lowest BCUT2D eigenvalue weighted by Gasteiger charge is -2.15. The molecule has 30 heavy (non-hydrogen) atoms. The molecule has 0 unspecified atom stereocenters. The highest BCUT2D eigenvalue weighted by Gasteiger charge is 2.24. The van der Waals surface area contributed by atoms with Gasteiger partial charge in [0.15, 0.2) is 5.65 Å². The maximum absolute atomic E-state index is 13.1. The van der Waals surface area contributed by atoms with E-state index in [9.17, 15) is 18.0 Å². The molecule has 0 aliphatic rings. The van der Waals surface area contributed by atoms with Crippen LogP contribution in [-0.4, -0.2) is 26.7 Å². The number of rotatable bonds is 6. The standard InChI is InChI=1S/C21H28N4O4S/c1-13(2)11-16-7-9-17(10-8-16)30(28,29)23-12-18-19(22-23)24(14(3)4)21(27)25(15(5)6)20(18)26/h7-10,12-15H,11H2,1-6H3. The summed E-state index contributed by atoms with van der Waals surface area (Å²) in [5.74, 6) is 0.458. The van der Waals surface area contributed by atoms with Crippen molar-refractivity contribution in [2.45, 2.75) is 64.9 Å². The van der Waals surface area contributed by atoms with Crippen molar-refractivity contribution < 1.29 is 8.42 Å². The summed E-state index contributed by atoms with van der Waals surface area (Å²) >= 11 is 0. The molecule has 2 aromatic heterocycles. The summed E-state index contributed by atoms with van der Waals surface area (Å²) in [6, 6.07) is 5.99. The SMILES string of the molecule is CC(C)Cc1ccc(S(=O)(=O)n2cc3c(=O)n(C(C)C)c(=O)n(C(C)C)c3n2)cc1. The number of fused-ring (bicyclic) bond motifs is 1. The van der Waals surface area contributed by atoms with Gasteiger partial charge in [-0.15, -0.1) is 5.10 Å². The maximum atomic E-state index is 13.1. The lowest BCUT2D eigenvalue weighted by atomic mass is 10.0. The van der Waals surface area contributed by atoms with E-state index in [-0.39, 0.29) is 28.0 Å². The van der Waals surface area contributed by atoms with Crippen molar-refractivity contribution in [1.29, 1.82) is 0 Å². The molecule has 0 aliphatic heterocycles. The molecule has 3 aromatic rings. The minimum absolute atomic E-state index is 0.0666. The molecule has 0 saturated carbocycles. The molecule has 162 valence electrons. The Hall–Kier alpha value is -2.68. The zero-order valence-corrected chi connectivity index (χ0v) is 19.0. The molecular weight excluding hydrogens is 404 g/mol. The van der Waals surface area contributed by atoms with Crippen molar-refractivity contribution in [1.82, 2.24) is 18.3 Å². The summed E-state index contributed by atoms with van der Waals surface area (Å²) in [5, 5.41) is 4.25. The van der Waals surface area contributed by atoms with E-state index < -0.39 is 21.3 Å². The molecule has 2 heterocycles. The van der Waals surface area contributed by atoms with Crippen LogP contribution in [0.2, 0.25) is 0 Å². The first-order chi connectivity index (χ1) is 13.9. The first-order valence-electron chi connectivity index (χ1n) is 10.1. The molecule has 9 heteroatoms. The van der Waals surface area contributed by atoms with Gasteiger partial charge in [-0.1, -0.05) is 26.0 Å². The maximum Gasteiger partial charge on any atom is 0.333 e. The number of hydrogen-bond donors (Lipinski definition) is 0. The zero-order chi connectivity index (χ0) is 22.4. The monoisotopic (exact) mass is 432 g/mol. The quantitative estimate of drug-likeness (QED) is 0.597. The van der Waals surface area contributed by atoms with Crippen LogP contribution in [0.3, 0.4) is 0 Å². The van der Waals surface area contributed by atoms with Crippen molar-refractivity contribution in [2.24, 2.45) is 5.92 Å². The molecule has 0 spiro atoms. The Labute approximate surface area is 175 Å². The van der Waals surface area contributed by atoms with E-state index in [1.165, 1.54) is 10.8 Å². The summed E-state index contributed by atoms with van der Waals surface area (Å²) < 4.78 is 29.5. The van der Waals surface area contributed by atoms with Gasteiger partial charge in [0.1, 0.15) is 5.39 Å². The normalized spacial score (nSPS) is 12.6. The van der Waals surface area contributed by atoms with Crippen LogP contribution in [-0.2, 0) is 16.4 Å². The lowest BCUT2D eigenvalue weighted by Crippen LogP contribution is -2.41. The summed E-state index contributed by atoms with van der Waals surface area (Å²) in [7, 11) is -4.01. The van der Waals surface area contributed by atoms with E-state index >= 15 is 0 Å². The van der Waals surface area contributed by atoms with Crippen molar-refractivity contribution in [2.75, 3.05) is 0 Å². The van der Waals surface area contributed by atoms with Gasteiger partial charge in [-0.25, -0.2) is 4.79 Å². The Morgan fingerprint density at radius 2 is 1.47 bits per heavy atom. The highest BCUT2D eigenvalue weighted by atomic mass is 32.2. The van der Waals surface area contributed by atoms with Gasteiger partial charge in [0, 0.05) is 12.1 Å². The van der Waals surface area contributed by atoms with Crippen LogP contribution < -0.4 is 11.2 Å². The van der Waals surface area contributed by atoms with Gasteiger partial charge in [-0.2, -0.15) is 12.5 Å². The van der Waals surface area contributed by atoms with E-state index in [1.54, 1.807) is 52.0 Å². The highest BCUT2D eigenvalue weighted by molar-refractivity contribution is 7.89. The first-order valence-corrected chi connectivity index (χ1v) is 11.5. The van der Waals surface area contributed by atoms with E-state index in [0.29, 0.717) is 5.92 Å². The van der Waals surface area contributed by atoms with Crippen LogP contribution in [0.15, 0.2) is 44.9 Å². The Balaban J connectivity index is 2.22. The number of benzene rings is 1. The minimum Gasteiger partial charge on any atom is -0.273 e. The van der Waals surface area contributed by atoms with Crippen molar-refractivity contribution in [3.05, 3.63) is 56.9 Å². The Bertz CT molecular complexity index is 1290. The Morgan fingerprint density at radius 3 is 1.97 bits per heavy atom. The average molecular weight is 433 g/mol. The molecule has 0 N–H and O–H groups in total. The van der Waals surface area contributed by atoms with Crippen molar-refractivity contribution in [3.8, 4) is 0 Å². The molecule has 3 rings (SSSR count). The van der Waals surface area contributed by atoms with Crippen LogP contribution in [0.1, 0.15) is 59.2 Å². The summed E-state index contributed by atoms with van der Waals surface area (Å²) in [6.45, 7) is 11.2. The van der Waals surface area contributed by atoms with E-state index in [1.807, 2.05) is 0 Å².